The van der Waals surface area contributed by atoms with Crippen LogP contribution < -0.4 is 15.8 Å². The van der Waals surface area contributed by atoms with Crippen LogP contribution in [0.25, 0.3) is 0 Å². The molecule has 0 radical (unpaired) electrons. The highest BCUT2D eigenvalue weighted by atomic mass is 16.6. The van der Waals surface area contributed by atoms with Crippen LogP contribution in [-0.2, 0) is 4.74 Å². The molecule has 1 rings (SSSR count). The Balaban J connectivity index is 2.50. The van der Waals surface area contributed by atoms with Gasteiger partial charge < -0.3 is 25.4 Å². The summed E-state index contributed by atoms with van der Waals surface area (Å²) in [6, 6.07) is 7.49. The van der Waals surface area contributed by atoms with E-state index in [0.717, 1.165) is 11.4 Å². The fourth-order valence-electron chi connectivity index (χ4n) is 2.07. The number of hydrogen-bond acceptors (Lipinski definition) is 4. The third-order valence-corrected chi connectivity index (χ3v) is 3.18. The van der Waals surface area contributed by atoms with Gasteiger partial charge in [0.1, 0.15) is 11.4 Å². The van der Waals surface area contributed by atoms with Gasteiger partial charge >= 0.3 is 6.09 Å². The van der Waals surface area contributed by atoms with Crippen molar-refractivity contribution in [1.29, 1.82) is 0 Å². The van der Waals surface area contributed by atoms with Gasteiger partial charge in [-0.2, -0.15) is 0 Å². The molecule has 0 saturated carbocycles. The number of aliphatic imine (C=N–C) groups is 1. The van der Waals surface area contributed by atoms with E-state index in [2.05, 4.69) is 10.3 Å². The van der Waals surface area contributed by atoms with E-state index in [0.29, 0.717) is 25.6 Å². The van der Waals surface area contributed by atoms with E-state index in [4.69, 9.17) is 15.2 Å². The number of amides is 1. The zero-order valence-corrected chi connectivity index (χ0v) is 16.7. The number of rotatable bonds is 7. The van der Waals surface area contributed by atoms with Crippen molar-refractivity contribution in [2.75, 3.05) is 25.0 Å². The molecule has 1 aromatic carbocycles. The summed E-state index contributed by atoms with van der Waals surface area (Å²) < 4.78 is 11.0. The van der Waals surface area contributed by atoms with Crippen LogP contribution >= 0.6 is 0 Å². The maximum atomic E-state index is 12.1. The Morgan fingerprint density at radius 2 is 1.88 bits per heavy atom. The highest BCUT2D eigenvalue weighted by molar-refractivity contribution is 5.92. The molecule has 146 valence electrons. The summed E-state index contributed by atoms with van der Waals surface area (Å²) >= 11 is 0. The van der Waals surface area contributed by atoms with E-state index >= 15 is 0 Å². The van der Waals surface area contributed by atoms with E-state index in [-0.39, 0.29) is 12.2 Å². The Hall–Kier alpha value is -2.44. The second kappa shape index (κ2) is 9.89. The smallest absolute Gasteiger partial charge is 0.410 e. The van der Waals surface area contributed by atoms with Crippen molar-refractivity contribution in [1.82, 2.24) is 4.90 Å². The van der Waals surface area contributed by atoms with Gasteiger partial charge in [-0.1, -0.05) is 0 Å². The molecule has 3 N–H and O–H groups in total. The minimum Gasteiger partial charge on any atom is -0.491 e. The lowest BCUT2D eigenvalue weighted by Crippen LogP contribution is -2.38. The van der Waals surface area contributed by atoms with Crippen LogP contribution in [0.2, 0.25) is 0 Å². The Kier molecular flexibility index (Phi) is 8.22. The third kappa shape index (κ3) is 8.60. The van der Waals surface area contributed by atoms with Crippen LogP contribution in [0.1, 0.15) is 41.5 Å². The van der Waals surface area contributed by atoms with Crippen molar-refractivity contribution in [3.63, 3.8) is 0 Å². The van der Waals surface area contributed by atoms with E-state index in [1.165, 1.54) is 0 Å². The first-order chi connectivity index (χ1) is 12.1. The summed E-state index contributed by atoms with van der Waals surface area (Å²) in [5.41, 5.74) is 6.21. The predicted octanol–water partition coefficient (Wildman–Crippen LogP) is 3.46. The summed E-state index contributed by atoms with van der Waals surface area (Å²) in [5.74, 6) is 1.10. The quantitative estimate of drug-likeness (QED) is 0.571. The second-order valence-corrected chi connectivity index (χ2v) is 7.14. The van der Waals surface area contributed by atoms with Crippen molar-refractivity contribution in [3.8, 4) is 5.75 Å². The molecule has 0 fully saturated rings. The van der Waals surface area contributed by atoms with Crippen LogP contribution in [0, 0.1) is 0 Å². The summed E-state index contributed by atoms with van der Waals surface area (Å²) in [4.78, 5) is 17.9. The molecule has 1 amide bonds. The van der Waals surface area contributed by atoms with Gasteiger partial charge in [0.2, 0.25) is 0 Å². The Morgan fingerprint density at radius 1 is 1.27 bits per heavy atom. The van der Waals surface area contributed by atoms with Crippen LogP contribution in [0.15, 0.2) is 29.3 Å². The van der Waals surface area contributed by atoms with E-state index < -0.39 is 5.60 Å². The lowest BCUT2D eigenvalue weighted by molar-refractivity contribution is 0.0266. The number of anilines is 1. The molecule has 0 aliphatic carbocycles. The fourth-order valence-corrected chi connectivity index (χ4v) is 2.07. The number of ether oxygens (including phenoxy) is 2. The van der Waals surface area contributed by atoms with Crippen molar-refractivity contribution >= 4 is 17.7 Å². The molecule has 0 unspecified atom stereocenters. The first kappa shape index (κ1) is 21.6. The monoisotopic (exact) mass is 364 g/mol. The molecule has 7 heteroatoms. The standard InChI is InChI=1S/C19H32N4O3/c1-7-23(18(24)26-19(4,5)6)13-12-21-17(20)22-15-8-10-16(11-9-15)25-14(2)3/h8-11,14H,7,12-13H2,1-6H3,(H3,20,21,22). The minimum absolute atomic E-state index is 0.131. The Labute approximate surface area is 156 Å². The molecule has 0 saturated heterocycles. The topological polar surface area (TPSA) is 89.2 Å². The van der Waals surface area contributed by atoms with Crippen LogP contribution in [0.3, 0.4) is 0 Å². The fraction of sp³-hybridized carbons (Fsp3) is 0.579. The van der Waals surface area contributed by atoms with Gasteiger partial charge in [0.05, 0.1) is 12.6 Å². The van der Waals surface area contributed by atoms with Gasteiger partial charge in [0, 0.05) is 18.8 Å². The summed E-state index contributed by atoms with van der Waals surface area (Å²) in [6.07, 6.45) is -0.214. The number of hydrogen-bond donors (Lipinski definition) is 2. The van der Waals surface area contributed by atoms with Gasteiger partial charge in [-0.25, -0.2) is 4.79 Å². The summed E-state index contributed by atoms with van der Waals surface area (Å²) in [6.45, 7) is 12.8. The lowest BCUT2D eigenvalue weighted by atomic mass is 10.2. The maximum Gasteiger partial charge on any atom is 0.410 e. The molecule has 0 bridgehead atoms. The maximum absolute atomic E-state index is 12.1. The molecular weight excluding hydrogens is 332 g/mol. The van der Waals surface area contributed by atoms with Crippen LogP contribution in [0.4, 0.5) is 10.5 Å². The van der Waals surface area contributed by atoms with Gasteiger partial charge in [0.15, 0.2) is 5.96 Å². The molecule has 1 aromatic rings. The molecule has 26 heavy (non-hydrogen) atoms. The van der Waals surface area contributed by atoms with E-state index in [1.54, 1.807) is 4.90 Å². The predicted molar refractivity (Wildman–Crippen MR) is 106 cm³/mol. The van der Waals surface area contributed by atoms with Gasteiger partial charge in [0.25, 0.3) is 0 Å². The molecule has 7 nitrogen and oxygen atoms in total. The SMILES string of the molecule is CCN(CCN=C(N)Nc1ccc(OC(C)C)cc1)C(=O)OC(C)(C)C. The molecule has 0 heterocycles. The van der Waals surface area contributed by atoms with Crippen molar-refractivity contribution in [2.45, 2.75) is 53.2 Å². The van der Waals surface area contributed by atoms with E-state index in [1.807, 2.05) is 65.8 Å². The zero-order chi connectivity index (χ0) is 19.7. The molecule has 0 aliphatic rings. The molecular formula is C19H32N4O3. The first-order valence-electron chi connectivity index (χ1n) is 8.92. The number of guanidine groups is 1. The van der Waals surface area contributed by atoms with Crippen molar-refractivity contribution in [3.05, 3.63) is 24.3 Å². The van der Waals surface area contributed by atoms with Crippen LogP contribution in [-0.4, -0.2) is 48.3 Å². The average molecular weight is 364 g/mol. The van der Waals surface area contributed by atoms with Crippen molar-refractivity contribution in [2.24, 2.45) is 10.7 Å². The molecule has 0 spiro atoms. The van der Waals surface area contributed by atoms with Gasteiger partial charge in [-0.15, -0.1) is 0 Å². The Bertz CT molecular complexity index is 592. The van der Waals surface area contributed by atoms with Crippen LogP contribution in [0.5, 0.6) is 5.75 Å². The second-order valence-electron chi connectivity index (χ2n) is 7.14. The highest BCUT2D eigenvalue weighted by Gasteiger charge is 2.20. The molecule has 0 atom stereocenters. The van der Waals surface area contributed by atoms with Gasteiger partial charge in [-0.05, 0) is 65.8 Å². The number of nitrogens with one attached hydrogen (secondary N) is 1. The minimum atomic E-state index is -0.514. The van der Waals surface area contributed by atoms with Gasteiger partial charge in [-0.3, -0.25) is 4.99 Å². The lowest BCUT2D eigenvalue weighted by Gasteiger charge is -2.26. The molecule has 0 aliphatic heterocycles. The number of carbonyl (C=O) groups is 1. The average Bonchev–Trinajstić information content (AvgIpc) is 2.51. The largest absolute Gasteiger partial charge is 0.491 e. The van der Waals surface area contributed by atoms with Crippen molar-refractivity contribution < 1.29 is 14.3 Å². The molecule has 0 aromatic heterocycles. The third-order valence-electron chi connectivity index (χ3n) is 3.18. The summed E-state index contributed by atoms with van der Waals surface area (Å²) in [7, 11) is 0. The number of nitrogens with zero attached hydrogens (tertiary/aromatic N) is 2. The summed E-state index contributed by atoms with van der Waals surface area (Å²) in [5, 5.41) is 3.02. The van der Waals surface area contributed by atoms with E-state index in [9.17, 15) is 4.79 Å². The Morgan fingerprint density at radius 3 is 2.38 bits per heavy atom. The normalized spacial score (nSPS) is 12.0. The number of carbonyl (C=O) groups excluding carboxylic acids is 1. The number of likely N-dealkylation sites (N-methyl/N-ethyl adjacent to an activating group) is 1. The zero-order valence-electron chi connectivity index (χ0n) is 16.7. The highest BCUT2D eigenvalue weighted by Crippen LogP contribution is 2.16. The number of nitrogens with two attached hydrogens (primary N) is 1. The first-order valence-corrected chi connectivity index (χ1v) is 8.92. The number of benzene rings is 1.